The van der Waals surface area contributed by atoms with Gasteiger partial charge in [0.1, 0.15) is 5.10 Å². The lowest BCUT2D eigenvalue weighted by Crippen LogP contribution is -2.63. The van der Waals surface area contributed by atoms with Crippen LogP contribution in [0.5, 0.6) is 0 Å². The minimum absolute atomic E-state index is 0.176. The van der Waals surface area contributed by atoms with Gasteiger partial charge in [-0.15, -0.1) is 0 Å². The second kappa shape index (κ2) is 7.18. The Morgan fingerprint density at radius 3 is 2.77 bits per heavy atom. The Labute approximate surface area is 127 Å². The summed E-state index contributed by atoms with van der Waals surface area (Å²) in [7, 11) is 0. The Bertz CT molecular complexity index is 512. The monoisotopic (exact) mass is 312 g/mol. The predicted octanol–water partition coefficient (Wildman–Crippen LogP) is 0.132. The highest BCUT2D eigenvalue weighted by atomic mass is 16.7. The molecule has 2 heterocycles. The molecule has 0 amide bonds. The van der Waals surface area contributed by atoms with Gasteiger partial charge in [0.15, 0.2) is 5.03 Å². The highest BCUT2D eigenvalue weighted by molar-refractivity contribution is 5.80. The lowest BCUT2D eigenvalue weighted by atomic mass is 10.2. The van der Waals surface area contributed by atoms with Gasteiger partial charge in [0, 0.05) is 19.4 Å². The van der Waals surface area contributed by atoms with Crippen molar-refractivity contribution in [2.75, 3.05) is 26.3 Å². The molecular weight excluding hydrogens is 292 g/mol. The minimum atomic E-state index is -0.862. The van der Waals surface area contributed by atoms with Crippen molar-refractivity contribution in [2.24, 2.45) is 5.10 Å². The molecule has 2 N–H and O–H groups in total. The Morgan fingerprint density at radius 2 is 2.23 bits per heavy atom. The molecule has 0 radical (unpaired) electrons. The summed E-state index contributed by atoms with van der Waals surface area (Å²) >= 11 is 0. The van der Waals surface area contributed by atoms with Gasteiger partial charge in [-0.3, -0.25) is 0 Å². The highest BCUT2D eigenvalue weighted by Gasteiger charge is 2.40. The van der Waals surface area contributed by atoms with Gasteiger partial charge in [0.2, 0.25) is 5.79 Å². The fourth-order valence-corrected chi connectivity index (χ4v) is 2.39. The predicted molar refractivity (Wildman–Crippen MR) is 77.4 cm³/mol. The molecular formula is C12H20N6O4. The zero-order chi connectivity index (χ0) is 16.0. The first-order valence-corrected chi connectivity index (χ1v) is 7.05. The van der Waals surface area contributed by atoms with E-state index in [0.29, 0.717) is 32.8 Å². The molecule has 0 bridgehead atoms. The maximum Gasteiger partial charge on any atom is 0.272 e. The third-order valence-electron chi connectivity index (χ3n) is 3.15. The van der Waals surface area contributed by atoms with Crippen molar-refractivity contribution in [2.45, 2.75) is 26.2 Å². The minimum Gasteiger partial charge on any atom is -0.347 e. The third-order valence-corrected chi connectivity index (χ3v) is 3.15. The van der Waals surface area contributed by atoms with Gasteiger partial charge in [-0.2, -0.15) is 0 Å². The molecule has 10 nitrogen and oxygen atoms in total. The number of rotatable bonds is 7. The highest BCUT2D eigenvalue weighted by Crippen LogP contribution is 2.20. The number of nitrogens with one attached hydrogen (secondary N) is 2. The molecule has 1 saturated heterocycles. The summed E-state index contributed by atoms with van der Waals surface area (Å²) in [5, 5.41) is 16.3. The quantitative estimate of drug-likeness (QED) is 0.417. The van der Waals surface area contributed by atoms with Gasteiger partial charge >= 0.3 is 0 Å². The number of hydrazone groups is 1. The number of aromatic amines is 1. The van der Waals surface area contributed by atoms with E-state index in [1.54, 1.807) is 17.4 Å². The van der Waals surface area contributed by atoms with Gasteiger partial charge in [0.25, 0.3) is 5.96 Å². The van der Waals surface area contributed by atoms with Gasteiger partial charge in [0.05, 0.1) is 31.7 Å². The average Bonchev–Trinajstić information content (AvgIpc) is 2.95. The van der Waals surface area contributed by atoms with Crippen LogP contribution in [0.4, 0.5) is 0 Å². The van der Waals surface area contributed by atoms with E-state index in [1.807, 2.05) is 13.8 Å². The summed E-state index contributed by atoms with van der Waals surface area (Å²) in [6, 6.07) is 0. The smallest absolute Gasteiger partial charge is 0.272 e. The number of ether oxygens (including phenoxy) is 2. The summed E-state index contributed by atoms with van der Waals surface area (Å²) < 4.78 is 11.5. The molecule has 1 aromatic rings. The topological polar surface area (TPSA) is 118 Å². The van der Waals surface area contributed by atoms with Gasteiger partial charge in [-0.1, -0.05) is 0 Å². The van der Waals surface area contributed by atoms with Gasteiger partial charge in [-0.05, 0) is 13.8 Å². The molecule has 1 aromatic heterocycles. The van der Waals surface area contributed by atoms with Crippen LogP contribution in [0.2, 0.25) is 0 Å². The van der Waals surface area contributed by atoms with Crippen molar-refractivity contribution in [3.05, 3.63) is 28.3 Å². The molecule has 0 saturated carbocycles. The largest absolute Gasteiger partial charge is 0.347 e. The average molecular weight is 312 g/mol. The lowest BCUT2D eigenvalue weighted by molar-refractivity contribution is -0.486. The van der Waals surface area contributed by atoms with Crippen LogP contribution in [0.1, 0.15) is 19.5 Å². The number of hydrogen-bond donors (Lipinski definition) is 2. The van der Waals surface area contributed by atoms with E-state index in [1.165, 1.54) is 0 Å². The number of hydrogen-bond acceptors (Lipinski definition) is 5. The van der Waals surface area contributed by atoms with E-state index in [-0.39, 0.29) is 5.96 Å². The molecule has 2 rings (SSSR count). The molecule has 1 aliphatic rings. The van der Waals surface area contributed by atoms with Crippen molar-refractivity contribution >= 4 is 5.96 Å². The van der Waals surface area contributed by atoms with Crippen molar-refractivity contribution in [3.8, 4) is 0 Å². The first-order chi connectivity index (χ1) is 10.6. The first-order valence-electron chi connectivity index (χ1n) is 7.05. The van der Waals surface area contributed by atoms with Crippen LogP contribution in [0, 0.1) is 10.1 Å². The molecule has 10 heteroatoms. The number of nitro groups is 1. The fraction of sp³-hybridized carbons (Fsp3) is 0.667. The summed E-state index contributed by atoms with van der Waals surface area (Å²) in [5.74, 6) is -0.686. The summed E-state index contributed by atoms with van der Waals surface area (Å²) in [6.07, 6.45) is 3.21. The van der Waals surface area contributed by atoms with Crippen LogP contribution in [0.3, 0.4) is 0 Å². The molecule has 22 heavy (non-hydrogen) atoms. The second-order valence-electron chi connectivity index (χ2n) is 4.72. The maximum absolute atomic E-state index is 10.7. The maximum atomic E-state index is 10.7. The molecule has 1 aliphatic heterocycles. The van der Waals surface area contributed by atoms with E-state index in [9.17, 15) is 10.1 Å². The second-order valence-corrected chi connectivity index (χ2v) is 4.72. The van der Waals surface area contributed by atoms with Crippen molar-refractivity contribution in [3.63, 3.8) is 0 Å². The Morgan fingerprint density at radius 1 is 1.50 bits per heavy atom. The van der Waals surface area contributed by atoms with Gasteiger partial charge in [-0.25, -0.2) is 15.1 Å². The molecule has 0 aromatic carbocycles. The fourth-order valence-electron chi connectivity index (χ4n) is 2.39. The standard InChI is InChI=1S/C12H20N6O4/c1-3-21-12(22-4-2)7-14-11(16-18(19)20)17(8-12)6-10-5-13-9-15-10/h5,9H,3-4,6-8H2,1-2H3,(H,13,15)(H,14,16). The van der Waals surface area contributed by atoms with E-state index < -0.39 is 10.8 Å². The van der Waals surface area contributed by atoms with Gasteiger partial charge < -0.3 is 24.7 Å². The van der Waals surface area contributed by atoms with E-state index in [2.05, 4.69) is 20.4 Å². The number of guanidine groups is 1. The van der Waals surface area contributed by atoms with Crippen LogP contribution in [0.25, 0.3) is 0 Å². The number of aromatic nitrogens is 2. The Kier molecular flexibility index (Phi) is 5.28. The normalized spacial score (nSPS) is 19.2. The summed E-state index contributed by atoms with van der Waals surface area (Å²) in [6.45, 7) is 5.69. The number of H-pyrrole nitrogens is 1. The summed E-state index contributed by atoms with van der Waals surface area (Å²) in [4.78, 5) is 19.3. The van der Waals surface area contributed by atoms with Crippen LogP contribution in [-0.2, 0) is 16.0 Å². The van der Waals surface area contributed by atoms with E-state index in [0.717, 1.165) is 5.69 Å². The molecule has 0 atom stereocenters. The SMILES string of the molecule is CCOC1(OCC)CNC(=N[N+](=O)[O-])N(Cc2cnc[nH]2)C1. The van der Waals surface area contributed by atoms with Crippen LogP contribution in [-0.4, -0.2) is 58.0 Å². The molecule has 0 spiro atoms. The van der Waals surface area contributed by atoms with Crippen molar-refractivity contribution in [1.29, 1.82) is 0 Å². The Balaban J connectivity index is 2.21. The zero-order valence-corrected chi connectivity index (χ0v) is 12.6. The molecule has 0 aliphatic carbocycles. The molecule has 122 valence electrons. The molecule has 0 unspecified atom stereocenters. The van der Waals surface area contributed by atoms with Crippen molar-refractivity contribution < 1.29 is 14.5 Å². The number of nitrogens with zero attached hydrogens (tertiary/aromatic N) is 4. The van der Waals surface area contributed by atoms with Crippen LogP contribution >= 0.6 is 0 Å². The lowest BCUT2D eigenvalue weighted by Gasteiger charge is -2.42. The van der Waals surface area contributed by atoms with E-state index in [4.69, 9.17) is 9.47 Å². The van der Waals surface area contributed by atoms with Crippen molar-refractivity contribution in [1.82, 2.24) is 20.2 Å². The third kappa shape index (κ3) is 3.92. The Hall–Kier alpha value is -2.20. The van der Waals surface area contributed by atoms with Crippen LogP contribution < -0.4 is 5.32 Å². The zero-order valence-electron chi connectivity index (χ0n) is 12.6. The number of imidazole rings is 1. The molecule has 1 fully saturated rings. The first kappa shape index (κ1) is 16.2. The van der Waals surface area contributed by atoms with Crippen LogP contribution in [0.15, 0.2) is 17.6 Å². The van der Waals surface area contributed by atoms with E-state index >= 15 is 0 Å². The summed E-state index contributed by atoms with van der Waals surface area (Å²) in [5.41, 5.74) is 0.807.